The van der Waals surface area contributed by atoms with Gasteiger partial charge in [-0.2, -0.15) is 0 Å². The van der Waals surface area contributed by atoms with Gasteiger partial charge in [-0.1, -0.05) is 47.1 Å². The maximum Gasteiger partial charge on any atom is 0.234 e. The molecule has 0 radical (unpaired) electrons. The number of hydrogen-bond donors (Lipinski definition) is 1. The Labute approximate surface area is 183 Å². The third-order valence-corrected chi connectivity index (χ3v) is 5.63. The molecule has 6 nitrogen and oxygen atoms in total. The van der Waals surface area contributed by atoms with Crippen LogP contribution in [0.2, 0.25) is 10.0 Å². The average Bonchev–Trinajstić information content (AvgIpc) is 3.03. The third kappa shape index (κ3) is 5.65. The molecule has 1 atom stereocenters. The lowest BCUT2D eigenvalue weighted by Gasteiger charge is -2.15. The van der Waals surface area contributed by atoms with Crippen molar-refractivity contribution in [2.45, 2.75) is 25.1 Å². The molecule has 0 aliphatic carbocycles. The first-order valence-corrected chi connectivity index (χ1v) is 10.6. The Balaban J connectivity index is 1.61. The van der Waals surface area contributed by atoms with Gasteiger partial charge in [0.25, 0.3) is 0 Å². The van der Waals surface area contributed by atoms with Crippen molar-refractivity contribution in [3.63, 3.8) is 0 Å². The number of benzene rings is 2. The highest BCUT2D eigenvalue weighted by Gasteiger charge is 2.19. The van der Waals surface area contributed by atoms with Crippen LogP contribution in [0.25, 0.3) is 0 Å². The maximum atomic E-state index is 12.2. The van der Waals surface area contributed by atoms with Gasteiger partial charge >= 0.3 is 0 Å². The predicted octanol–water partition coefficient (Wildman–Crippen LogP) is 5.30. The summed E-state index contributed by atoms with van der Waals surface area (Å²) < 4.78 is 7.69. The summed E-state index contributed by atoms with van der Waals surface area (Å²) in [7, 11) is 1.83. The van der Waals surface area contributed by atoms with Gasteiger partial charge in [0.1, 0.15) is 5.75 Å². The van der Waals surface area contributed by atoms with Gasteiger partial charge in [-0.25, -0.2) is 0 Å². The molecule has 1 heterocycles. The lowest BCUT2D eigenvalue weighted by molar-refractivity contribution is -0.113. The van der Waals surface area contributed by atoms with Crippen LogP contribution in [0.1, 0.15) is 24.4 Å². The summed E-state index contributed by atoms with van der Waals surface area (Å²) in [5.41, 5.74) is 1.86. The average molecular weight is 451 g/mol. The summed E-state index contributed by atoms with van der Waals surface area (Å²) in [6, 6.07) is 12.7. The number of carbonyl (C=O) groups is 1. The number of ether oxygens (including phenoxy) is 1. The Morgan fingerprint density at radius 2 is 2.03 bits per heavy atom. The van der Waals surface area contributed by atoms with Gasteiger partial charge in [-0.3, -0.25) is 4.79 Å². The lowest BCUT2D eigenvalue weighted by atomic mass is 10.2. The van der Waals surface area contributed by atoms with E-state index in [1.165, 1.54) is 11.8 Å². The van der Waals surface area contributed by atoms with E-state index in [1.54, 1.807) is 22.8 Å². The topological polar surface area (TPSA) is 69.0 Å². The molecule has 9 heteroatoms. The molecule has 1 N–H and O–H groups in total. The maximum absolute atomic E-state index is 12.2. The zero-order valence-corrected chi connectivity index (χ0v) is 18.5. The minimum atomic E-state index is -0.404. The van der Waals surface area contributed by atoms with Gasteiger partial charge in [0.2, 0.25) is 5.91 Å². The van der Waals surface area contributed by atoms with E-state index in [2.05, 4.69) is 15.5 Å². The molecule has 0 bridgehead atoms. The molecule has 3 aromatic rings. The number of hydrogen-bond acceptors (Lipinski definition) is 5. The van der Waals surface area contributed by atoms with E-state index in [4.69, 9.17) is 27.9 Å². The Kier molecular flexibility index (Phi) is 7.05. The number of thioether (sulfide) groups is 1. The van der Waals surface area contributed by atoms with Crippen molar-refractivity contribution in [3.05, 3.63) is 63.9 Å². The number of nitrogens with zero attached hydrogens (tertiary/aromatic N) is 3. The fourth-order valence-electron chi connectivity index (χ4n) is 2.67. The van der Waals surface area contributed by atoms with Crippen LogP contribution < -0.4 is 10.1 Å². The molecule has 1 aromatic heterocycles. The summed E-state index contributed by atoms with van der Waals surface area (Å²) in [5.74, 6) is 1.19. The summed E-state index contributed by atoms with van der Waals surface area (Å²) in [6.45, 7) is 3.82. The van der Waals surface area contributed by atoms with Crippen LogP contribution in [-0.4, -0.2) is 26.4 Å². The molecule has 0 aliphatic rings. The number of aryl methyl sites for hydroxylation is 1. The monoisotopic (exact) mass is 450 g/mol. The van der Waals surface area contributed by atoms with E-state index >= 15 is 0 Å². The fraction of sp³-hybridized carbons (Fsp3) is 0.250. The van der Waals surface area contributed by atoms with E-state index < -0.39 is 6.10 Å². The highest BCUT2D eigenvalue weighted by Crippen LogP contribution is 2.31. The van der Waals surface area contributed by atoms with Crippen LogP contribution in [0, 0.1) is 6.92 Å². The van der Waals surface area contributed by atoms with Crippen LogP contribution in [0.4, 0.5) is 5.69 Å². The standard InChI is InChI=1S/C20H20Cl2N4O2S/c1-12-5-4-6-15(9-12)23-18(27)11-29-20-25-24-19(26(20)3)13(2)28-17-10-14(21)7-8-16(17)22/h4-10,13H,11H2,1-3H3,(H,23,27). The molecule has 3 rings (SSSR count). The number of anilines is 1. The Hall–Kier alpha value is -2.22. The number of nitrogens with one attached hydrogen (secondary N) is 1. The second kappa shape index (κ2) is 9.52. The van der Waals surface area contributed by atoms with Crippen LogP contribution in [-0.2, 0) is 11.8 Å². The Morgan fingerprint density at radius 3 is 2.79 bits per heavy atom. The summed E-state index contributed by atoms with van der Waals surface area (Å²) in [5, 5.41) is 12.9. The van der Waals surface area contributed by atoms with Crippen LogP contribution in [0.5, 0.6) is 5.75 Å². The molecular weight excluding hydrogens is 431 g/mol. The van der Waals surface area contributed by atoms with Crippen molar-refractivity contribution in [2.75, 3.05) is 11.1 Å². The van der Waals surface area contributed by atoms with Crippen molar-refractivity contribution < 1.29 is 9.53 Å². The lowest BCUT2D eigenvalue weighted by Crippen LogP contribution is -2.15. The number of amides is 1. The smallest absolute Gasteiger partial charge is 0.234 e. The molecule has 2 aromatic carbocycles. The number of carbonyl (C=O) groups excluding carboxylic acids is 1. The van der Waals surface area contributed by atoms with Gasteiger partial charge in [-0.05, 0) is 43.7 Å². The molecule has 0 fully saturated rings. The van der Waals surface area contributed by atoms with Crippen molar-refractivity contribution >= 4 is 46.6 Å². The molecule has 0 saturated heterocycles. The van der Waals surface area contributed by atoms with Gasteiger partial charge in [0.15, 0.2) is 17.1 Å². The summed E-state index contributed by atoms with van der Waals surface area (Å²) in [6.07, 6.45) is -0.404. The fourth-order valence-corrected chi connectivity index (χ4v) is 3.71. The quantitative estimate of drug-likeness (QED) is 0.494. The summed E-state index contributed by atoms with van der Waals surface area (Å²) >= 11 is 13.5. The van der Waals surface area contributed by atoms with E-state index in [-0.39, 0.29) is 11.7 Å². The van der Waals surface area contributed by atoms with Crippen LogP contribution in [0.15, 0.2) is 47.6 Å². The van der Waals surface area contributed by atoms with Crippen molar-refractivity contribution in [1.82, 2.24) is 14.8 Å². The minimum absolute atomic E-state index is 0.111. The molecule has 0 spiro atoms. The molecule has 152 valence electrons. The van der Waals surface area contributed by atoms with Gasteiger partial charge < -0.3 is 14.6 Å². The van der Waals surface area contributed by atoms with E-state index in [9.17, 15) is 4.79 Å². The van der Waals surface area contributed by atoms with Crippen molar-refractivity contribution in [2.24, 2.45) is 7.05 Å². The summed E-state index contributed by atoms with van der Waals surface area (Å²) in [4.78, 5) is 12.2. The predicted molar refractivity (Wildman–Crippen MR) is 117 cm³/mol. The van der Waals surface area contributed by atoms with E-state index in [1.807, 2.05) is 45.2 Å². The molecule has 29 heavy (non-hydrogen) atoms. The van der Waals surface area contributed by atoms with Crippen molar-refractivity contribution in [1.29, 1.82) is 0 Å². The molecule has 0 aliphatic heterocycles. The normalized spacial score (nSPS) is 11.9. The first-order chi connectivity index (χ1) is 13.8. The van der Waals surface area contributed by atoms with Gasteiger partial charge in [0, 0.05) is 23.8 Å². The largest absolute Gasteiger partial charge is 0.481 e. The van der Waals surface area contributed by atoms with Gasteiger partial charge in [0.05, 0.1) is 10.8 Å². The highest BCUT2D eigenvalue weighted by molar-refractivity contribution is 7.99. The molecule has 1 amide bonds. The first-order valence-electron chi connectivity index (χ1n) is 8.84. The molecule has 1 unspecified atom stereocenters. The molecule has 0 saturated carbocycles. The number of aromatic nitrogens is 3. The molecular formula is C20H20Cl2N4O2S. The zero-order valence-electron chi connectivity index (χ0n) is 16.1. The first kappa shape index (κ1) is 21.5. The van der Waals surface area contributed by atoms with E-state index in [0.717, 1.165) is 11.3 Å². The van der Waals surface area contributed by atoms with E-state index in [0.29, 0.717) is 26.8 Å². The number of halogens is 2. The third-order valence-electron chi connectivity index (χ3n) is 4.06. The Bertz CT molecular complexity index is 1030. The highest BCUT2D eigenvalue weighted by atomic mass is 35.5. The van der Waals surface area contributed by atoms with Crippen molar-refractivity contribution in [3.8, 4) is 5.75 Å². The second-order valence-electron chi connectivity index (χ2n) is 6.44. The van der Waals surface area contributed by atoms with Gasteiger partial charge in [-0.15, -0.1) is 10.2 Å². The second-order valence-corrected chi connectivity index (χ2v) is 8.23. The zero-order chi connectivity index (χ0) is 21.0. The van der Waals surface area contributed by atoms with Crippen LogP contribution >= 0.6 is 35.0 Å². The van der Waals surface area contributed by atoms with Crippen LogP contribution in [0.3, 0.4) is 0 Å². The SMILES string of the molecule is Cc1cccc(NC(=O)CSc2nnc(C(C)Oc3cc(Cl)ccc3Cl)n2C)c1. The number of rotatable bonds is 7. The Morgan fingerprint density at radius 1 is 1.24 bits per heavy atom. The minimum Gasteiger partial charge on any atom is -0.481 e.